The van der Waals surface area contributed by atoms with E-state index in [-0.39, 0.29) is 18.9 Å². The van der Waals surface area contributed by atoms with Crippen molar-refractivity contribution < 1.29 is 10.2 Å². The molecule has 3 unspecified atom stereocenters. The van der Waals surface area contributed by atoms with Crippen LogP contribution in [0.5, 0.6) is 0 Å². The van der Waals surface area contributed by atoms with E-state index in [1.54, 1.807) is 0 Å². The van der Waals surface area contributed by atoms with Crippen LogP contribution in [0.1, 0.15) is 32.1 Å². The summed E-state index contributed by atoms with van der Waals surface area (Å²) in [4.78, 5) is 2.22. The SMILES string of the molecule is OCC1CC(C(O)N2CCCCC2)CCN1. The lowest BCUT2D eigenvalue weighted by molar-refractivity contribution is -0.0626. The monoisotopic (exact) mass is 228 g/mol. The van der Waals surface area contributed by atoms with Crippen LogP contribution in [0.25, 0.3) is 0 Å². The van der Waals surface area contributed by atoms with Crippen molar-refractivity contribution in [2.45, 2.75) is 44.4 Å². The first-order valence-corrected chi connectivity index (χ1v) is 6.57. The average molecular weight is 228 g/mol. The zero-order valence-electron chi connectivity index (χ0n) is 9.94. The summed E-state index contributed by atoms with van der Waals surface area (Å²) in [6.45, 7) is 3.17. The number of aliphatic hydroxyl groups excluding tert-OH is 2. The van der Waals surface area contributed by atoms with Gasteiger partial charge in [-0.25, -0.2) is 0 Å². The minimum Gasteiger partial charge on any atom is -0.395 e. The number of hydrogen-bond donors (Lipinski definition) is 3. The fourth-order valence-electron chi connectivity index (χ4n) is 2.93. The highest BCUT2D eigenvalue weighted by Gasteiger charge is 2.30. The molecular formula is C12H24N2O2. The third-order valence-corrected chi connectivity index (χ3v) is 3.94. The molecule has 2 rings (SSSR count). The predicted octanol–water partition coefficient (Wildman–Crippen LogP) is 0.151. The smallest absolute Gasteiger partial charge is 0.110 e. The van der Waals surface area contributed by atoms with Crippen molar-refractivity contribution in [3.8, 4) is 0 Å². The van der Waals surface area contributed by atoms with E-state index >= 15 is 0 Å². The largest absolute Gasteiger partial charge is 0.395 e. The first-order valence-electron chi connectivity index (χ1n) is 6.57. The molecule has 0 amide bonds. The van der Waals surface area contributed by atoms with E-state index in [1.807, 2.05) is 0 Å². The van der Waals surface area contributed by atoms with Crippen LogP contribution in [0.3, 0.4) is 0 Å². The molecule has 2 heterocycles. The number of nitrogens with zero attached hydrogens (tertiary/aromatic N) is 1. The van der Waals surface area contributed by atoms with E-state index in [2.05, 4.69) is 10.2 Å². The molecule has 0 aromatic heterocycles. The Kier molecular flexibility index (Phi) is 4.58. The van der Waals surface area contributed by atoms with Gasteiger partial charge in [0.25, 0.3) is 0 Å². The Hall–Kier alpha value is -0.160. The number of likely N-dealkylation sites (tertiary alicyclic amines) is 1. The molecule has 0 aliphatic carbocycles. The molecule has 0 aromatic carbocycles. The van der Waals surface area contributed by atoms with Gasteiger partial charge in [0.05, 0.1) is 6.61 Å². The normalized spacial score (nSPS) is 34.9. The fraction of sp³-hybridized carbons (Fsp3) is 1.00. The highest BCUT2D eigenvalue weighted by Crippen LogP contribution is 2.24. The van der Waals surface area contributed by atoms with Crippen molar-refractivity contribution in [2.75, 3.05) is 26.2 Å². The van der Waals surface area contributed by atoms with Gasteiger partial charge in [0.1, 0.15) is 6.23 Å². The number of rotatable bonds is 3. The molecule has 4 nitrogen and oxygen atoms in total. The van der Waals surface area contributed by atoms with Crippen LogP contribution in [0.4, 0.5) is 0 Å². The van der Waals surface area contributed by atoms with Crippen molar-refractivity contribution in [3.63, 3.8) is 0 Å². The molecule has 0 bridgehead atoms. The molecule has 0 saturated carbocycles. The summed E-state index contributed by atoms with van der Waals surface area (Å²) in [6.07, 6.45) is 5.35. The van der Waals surface area contributed by atoms with Gasteiger partial charge < -0.3 is 15.5 Å². The van der Waals surface area contributed by atoms with Crippen molar-refractivity contribution in [3.05, 3.63) is 0 Å². The second-order valence-corrected chi connectivity index (χ2v) is 5.13. The van der Waals surface area contributed by atoms with Gasteiger partial charge in [-0.3, -0.25) is 4.90 Å². The van der Waals surface area contributed by atoms with Gasteiger partial charge in [-0.1, -0.05) is 6.42 Å². The minimum absolute atomic E-state index is 0.179. The molecule has 0 spiro atoms. The molecule has 2 aliphatic rings. The Morgan fingerprint density at radius 3 is 2.69 bits per heavy atom. The molecule has 3 atom stereocenters. The first kappa shape index (κ1) is 12.3. The van der Waals surface area contributed by atoms with Gasteiger partial charge in [-0.05, 0) is 32.2 Å². The van der Waals surface area contributed by atoms with E-state index in [9.17, 15) is 5.11 Å². The number of nitrogens with one attached hydrogen (secondary N) is 1. The van der Waals surface area contributed by atoms with Crippen LogP contribution < -0.4 is 5.32 Å². The van der Waals surface area contributed by atoms with Crippen LogP contribution in [0.15, 0.2) is 0 Å². The Morgan fingerprint density at radius 1 is 1.25 bits per heavy atom. The highest BCUT2D eigenvalue weighted by atomic mass is 16.3. The second kappa shape index (κ2) is 5.96. The van der Waals surface area contributed by atoms with Crippen LogP contribution in [0, 0.1) is 5.92 Å². The predicted molar refractivity (Wildman–Crippen MR) is 63.0 cm³/mol. The zero-order valence-corrected chi connectivity index (χ0v) is 9.94. The number of aliphatic hydroxyl groups is 2. The maximum atomic E-state index is 10.3. The average Bonchev–Trinajstić information content (AvgIpc) is 2.39. The van der Waals surface area contributed by atoms with Crippen LogP contribution in [0.2, 0.25) is 0 Å². The van der Waals surface area contributed by atoms with Gasteiger partial charge in [-0.15, -0.1) is 0 Å². The summed E-state index contributed by atoms with van der Waals surface area (Å²) in [5.74, 6) is 0.330. The van der Waals surface area contributed by atoms with E-state index < -0.39 is 0 Å². The maximum Gasteiger partial charge on any atom is 0.110 e. The minimum atomic E-state index is -0.295. The third-order valence-electron chi connectivity index (χ3n) is 3.94. The Morgan fingerprint density at radius 2 is 2.00 bits per heavy atom. The highest BCUT2D eigenvalue weighted by molar-refractivity contribution is 4.83. The van der Waals surface area contributed by atoms with E-state index in [0.717, 1.165) is 32.5 Å². The topological polar surface area (TPSA) is 55.7 Å². The molecule has 16 heavy (non-hydrogen) atoms. The van der Waals surface area contributed by atoms with Crippen molar-refractivity contribution >= 4 is 0 Å². The molecule has 2 saturated heterocycles. The lowest BCUT2D eigenvalue weighted by Gasteiger charge is -2.39. The van der Waals surface area contributed by atoms with E-state index in [4.69, 9.17) is 5.11 Å². The third kappa shape index (κ3) is 2.94. The van der Waals surface area contributed by atoms with Crippen LogP contribution in [-0.4, -0.2) is 53.6 Å². The van der Waals surface area contributed by atoms with Gasteiger partial charge in [0.2, 0.25) is 0 Å². The molecule has 3 N–H and O–H groups in total. The molecule has 2 fully saturated rings. The molecular weight excluding hydrogens is 204 g/mol. The Balaban J connectivity index is 1.84. The second-order valence-electron chi connectivity index (χ2n) is 5.13. The van der Waals surface area contributed by atoms with E-state index in [1.165, 1.54) is 19.3 Å². The summed E-state index contributed by atoms with van der Waals surface area (Å²) in [5, 5.41) is 22.7. The maximum absolute atomic E-state index is 10.3. The molecule has 94 valence electrons. The molecule has 2 aliphatic heterocycles. The Bertz CT molecular complexity index is 207. The van der Waals surface area contributed by atoms with Gasteiger partial charge >= 0.3 is 0 Å². The lowest BCUT2D eigenvalue weighted by Crippen LogP contribution is -2.50. The standard InChI is InChI=1S/C12H24N2O2/c15-9-11-8-10(4-5-13-11)12(16)14-6-2-1-3-7-14/h10-13,15-16H,1-9H2. The zero-order chi connectivity index (χ0) is 11.4. The fourth-order valence-corrected chi connectivity index (χ4v) is 2.93. The lowest BCUT2D eigenvalue weighted by atomic mass is 9.90. The van der Waals surface area contributed by atoms with Crippen LogP contribution >= 0.6 is 0 Å². The first-order chi connectivity index (χ1) is 7.81. The van der Waals surface area contributed by atoms with Crippen molar-refractivity contribution in [1.82, 2.24) is 10.2 Å². The number of hydrogen-bond acceptors (Lipinski definition) is 4. The van der Waals surface area contributed by atoms with Gasteiger partial charge in [0.15, 0.2) is 0 Å². The van der Waals surface area contributed by atoms with Gasteiger partial charge in [0, 0.05) is 25.0 Å². The molecule has 4 heteroatoms. The van der Waals surface area contributed by atoms with E-state index in [0.29, 0.717) is 5.92 Å². The van der Waals surface area contributed by atoms with Crippen molar-refractivity contribution in [1.29, 1.82) is 0 Å². The number of piperidine rings is 2. The Labute approximate surface area is 97.6 Å². The summed E-state index contributed by atoms with van der Waals surface area (Å²) in [5.41, 5.74) is 0. The summed E-state index contributed by atoms with van der Waals surface area (Å²) >= 11 is 0. The molecule has 0 radical (unpaired) electrons. The van der Waals surface area contributed by atoms with Crippen molar-refractivity contribution in [2.24, 2.45) is 5.92 Å². The quantitative estimate of drug-likeness (QED) is 0.644. The summed E-state index contributed by atoms with van der Waals surface area (Å²) in [6, 6.07) is 0.179. The summed E-state index contributed by atoms with van der Waals surface area (Å²) in [7, 11) is 0. The van der Waals surface area contributed by atoms with Crippen LogP contribution in [-0.2, 0) is 0 Å². The molecule has 0 aromatic rings. The van der Waals surface area contributed by atoms with Gasteiger partial charge in [-0.2, -0.15) is 0 Å². The summed E-state index contributed by atoms with van der Waals surface area (Å²) < 4.78 is 0.